The fourth-order valence-electron chi connectivity index (χ4n) is 4.28. The molecule has 0 aromatic heterocycles. The Morgan fingerprint density at radius 2 is 1.94 bits per heavy atom. The van der Waals surface area contributed by atoms with E-state index in [1.54, 1.807) is 0 Å². The highest BCUT2D eigenvalue weighted by atomic mass is 14.5. The Morgan fingerprint density at radius 1 is 1.25 bits per heavy atom. The highest BCUT2D eigenvalue weighted by Gasteiger charge is 2.40. The van der Waals surface area contributed by atoms with Gasteiger partial charge in [-0.2, -0.15) is 0 Å². The second kappa shape index (κ2) is 4.20. The second-order valence-electron chi connectivity index (χ2n) is 6.81. The fourth-order valence-corrected chi connectivity index (χ4v) is 4.28. The van der Waals surface area contributed by atoms with Crippen LogP contribution in [-0.4, -0.2) is 0 Å². The van der Waals surface area contributed by atoms with Crippen LogP contribution in [0.1, 0.15) is 66.7 Å². The summed E-state index contributed by atoms with van der Waals surface area (Å²) in [6, 6.07) is 0. The Kier molecular flexibility index (Phi) is 3.20. The number of allylic oxidation sites excluding steroid dienone is 2. The number of hydrogen-bond acceptors (Lipinski definition) is 0. The lowest BCUT2D eigenvalue weighted by Crippen LogP contribution is -2.35. The fraction of sp³-hybridized carbons (Fsp3) is 0.875. The van der Waals surface area contributed by atoms with Crippen LogP contribution in [0.25, 0.3) is 0 Å². The summed E-state index contributed by atoms with van der Waals surface area (Å²) < 4.78 is 0. The number of rotatable bonds is 1. The van der Waals surface area contributed by atoms with Crippen LogP contribution in [0.3, 0.4) is 0 Å². The molecule has 0 aromatic rings. The van der Waals surface area contributed by atoms with E-state index in [2.05, 4.69) is 34.6 Å². The molecule has 0 bridgehead atoms. The highest BCUT2D eigenvalue weighted by molar-refractivity contribution is 5.29. The maximum Gasteiger partial charge on any atom is -0.0139 e. The molecule has 0 heteroatoms. The van der Waals surface area contributed by atoms with Crippen LogP contribution in [0, 0.1) is 23.2 Å². The van der Waals surface area contributed by atoms with Crippen molar-refractivity contribution in [2.45, 2.75) is 66.7 Å². The van der Waals surface area contributed by atoms with Crippen molar-refractivity contribution in [3.8, 4) is 0 Å². The first-order chi connectivity index (χ1) is 7.47. The average Bonchev–Trinajstić information content (AvgIpc) is 2.20. The Hall–Kier alpha value is -0.260. The summed E-state index contributed by atoms with van der Waals surface area (Å²) in [4.78, 5) is 0. The van der Waals surface area contributed by atoms with Crippen LogP contribution < -0.4 is 0 Å². The Morgan fingerprint density at radius 3 is 2.56 bits per heavy atom. The molecule has 2 rings (SSSR count). The van der Waals surface area contributed by atoms with Crippen LogP contribution in [-0.2, 0) is 0 Å². The minimum Gasteiger partial charge on any atom is -0.0699 e. The molecule has 3 unspecified atom stereocenters. The monoisotopic (exact) mass is 220 g/mol. The first-order valence-corrected chi connectivity index (χ1v) is 7.19. The first kappa shape index (κ1) is 12.2. The maximum absolute atomic E-state index is 2.48. The van der Waals surface area contributed by atoms with Crippen LogP contribution in [0.2, 0.25) is 0 Å². The molecule has 3 atom stereocenters. The summed E-state index contributed by atoms with van der Waals surface area (Å²) in [5, 5.41) is 0. The van der Waals surface area contributed by atoms with Gasteiger partial charge in [-0.05, 0) is 55.3 Å². The van der Waals surface area contributed by atoms with E-state index in [0.717, 1.165) is 17.8 Å². The summed E-state index contributed by atoms with van der Waals surface area (Å²) >= 11 is 0. The van der Waals surface area contributed by atoms with Crippen molar-refractivity contribution in [2.75, 3.05) is 0 Å². The van der Waals surface area contributed by atoms with Crippen molar-refractivity contribution >= 4 is 0 Å². The molecular formula is C16H28. The molecule has 2 aliphatic carbocycles. The zero-order valence-corrected chi connectivity index (χ0v) is 11.8. The van der Waals surface area contributed by atoms with E-state index in [9.17, 15) is 0 Å². The van der Waals surface area contributed by atoms with Gasteiger partial charge >= 0.3 is 0 Å². The summed E-state index contributed by atoms with van der Waals surface area (Å²) in [6.45, 7) is 12.3. The van der Waals surface area contributed by atoms with E-state index in [-0.39, 0.29) is 0 Å². The van der Waals surface area contributed by atoms with Gasteiger partial charge in [-0.15, -0.1) is 0 Å². The van der Waals surface area contributed by atoms with E-state index in [0.29, 0.717) is 5.41 Å². The zero-order chi connectivity index (χ0) is 11.9. The van der Waals surface area contributed by atoms with Gasteiger partial charge in [0.15, 0.2) is 0 Å². The Bertz CT molecular complexity index is 295. The van der Waals surface area contributed by atoms with Crippen LogP contribution in [0.5, 0.6) is 0 Å². The largest absolute Gasteiger partial charge is 0.0699 e. The molecular weight excluding hydrogens is 192 g/mol. The predicted molar refractivity (Wildman–Crippen MR) is 71.4 cm³/mol. The average molecular weight is 220 g/mol. The van der Waals surface area contributed by atoms with Gasteiger partial charge in [0, 0.05) is 0 Å². The van der Waals surface area contributed by atoms with Crippen LogP contribution in [0.4, 0.5) is 0 Å². The summed E-state index contributed by atoms with van der Waals surface area (Å²) in [7, 11) is 0. The van der Waals surface area contributed by atoms with Crippen molar-refractivity contribution in [1.82, 2.24) is 0 Å². The smallest absolute Gasteiger partial charge is 0.0139 e. The van der Waals surface area contributed by atoms with Gasteiger partial charge in [0.05, 0.1) is 0 Å². The predicted octanol–water partition coefficient (Wildman–Crippen LogP) is 5.20. The standard InChI is InChI=1S/C16H28/c1-6-14-12(3)11(2)10-13-8-7-9-16(4,5)15(13)14/h11-12,14H,6-10H2,1-5H3. The lowest BCUT2D eigenvalue weighted by molar-refractivity contribution is 0.196. The first-order valence-electron chi connectivity index (χ1n) is 7.19. The quantitative estimate of drug-likeness (QED) is 0.533. The highest BCUT2D eigenvalue weighted by Crippen LogP contribution is 2.52. The molecule has 0 saturated carbocycles. The molecule has 0 N–H and O–H groups in total. The molecule has 0 amide bonds. The third-order valence-electron chi connectivity index (χ3n) is 5.30. The number of hydrogen-bond donors (Lipinski definition) is 0. The second-order valence-corrected chi connectivity index (χ2v) is 6.81. The SMILES string of the molecule is CCC1C2=C(CCCC2(C)C)CC(C)C1C. The van der Waals surface area contributed by atoms with E-state index >= 15 is 0 Å². The lowest BCUT2D eigenvalue weighted by atomic mass is 9.58. The maximum atomic E-state index is 2.48. The van der Waals surface area contributed by atoms with Crippen molar-refractivity contribution in [3.63, 3.8) is 0 Å². The molecule has 0 aromatic carbocycles. The van der Waals surface area contributed by atoms with E-state index in [1.165, 1.54) is 32.1 Å². The van der Waals surface area contributed by atoms with Gasteiger partial charge in [-0.25, -0.2) is 0 Å². The molecule has 16 heavy (non-hydrogen) atoms. The van der Waals surface area contributed by atoms with Crippen molar-refractivity contribution < 1.29 is 0 Å². The Labute approximate surface area is 102 Å². The van der Waals surface area contributed by atoms with Gasteiger partial charge in [0.2, 0.25) is 0 Å². The third-order valence-corrected chi connectivity index (χ3v) is 5.30. The van der Waals surface area contributed by atoms with Gasteiger partial charge in [-0.3, -0.25) is 0 Å². The molecule has 0 saturated heterocycles. The molecule has 0 heterocycles. The van der Waals surface area contributed by atoms with Gasteiger partial charge in [0.25, 0.3) is 0 Å². The molecule has 0 aliphatic heterocycles. The van der Waals surface area contributed by atoms with E-state index < -0.39 is 0 Å². The molecule has 0 radical (unpaired) electrons. The van der Waals surface area contributed by atoms with Crippen LogP contribution >= 0.6 is 0 Å². The zero-order valence-electron chi connectivity index (χ0n) is 11.8. The van der Waals surface area contributed by atoms with Crippen molar-refractivity contribution in [3.05, 3.63) is 11.1 Å². The molecule has 0 fully saturated rings. The molecule has 2 aliphatic rings. The Balaban J connectivity index is 2.42. The van der Waals surface area contributed by atoms with E-state index in [1.807, 2.05) is 11.1 Å². The van der Waals surface area contributed by atoms with Gasteiger partial charge < -0.3 is 0 Å². The molecule has 92 valence electrons. The summed E-state index contributed by atoms with van der Waals surface area (Å²) in [5.74, 6) is 2.66. The molecule has 0 spiro atoms. The normalized spacial score (nSPS) is 38.4. The van der Waals surface area contributed by atoms with Gasteiger partial charge in [0.1, 0.15) is 0 Å². The summed E-state index contributed by atoms with van der Waals surface area (Å²) in [6.07, 6.45) is 6.95. The van der Waals surface area contributed by atoms with Crippen LogP contribution in [0.15, 0.2) is 11.1 Å². The lowest BCUT2D eigenvalue weighted by Gasteiger charge is -2.47. The minimum absolute atomic E-state index is 0.489. The van der Waals surface area contributed by atoms with Gasteiger partial charge in [-0.1, -0.05) is 45.8 Å². The minimum atomic E-state index is 0.489. The van der Waals surface area contributed by atoms with Crippen molar-refractivity contribution in [2.24, 2.45) is 23.2 Å². The molecule has 0 nitrogen and oxygen atoms in total. The summed E-state index contributed by atoms with van der Waals surface area (Å²) in [5.41, 5.74) is 4.20. The van der Waals surface area contributed by atoms with E-state index in [4.69, 9.17) is 0 Å². The third kappa shape index (κ3) is 1.85. The van der Waals surface area contributed by atoms with Crippen molar-refractivity contribution in [1.29, 1.82) is 0 Å². The topological polar surface area (TPSA) is 0 Å².